The van der Waals surface area contributed by atoms with Gasteiger partial charge in [0.05, 0.1) is 5.56 Å². The van der Waals surface area contributed by atoms with E-state index in [9.17, 15) is 4.79 Å². The number of thiophene rings is 1. The molecule has 1 aromatic rings. The van der Waals surface area contributed by atoms with Crippen LogP contribution in [0.5, 0.6) is 0 Å². The summed E-state index contributed by atoms with van der Waals surface area (Å²) in [6.07, 6.45) is 2.27. The first-order valence-electron chi connectivity index (χ1n) is 5.29. The molecule has 4 heteroatoms. The molecule has 0 bridgehead atoms. The van der Waals surface area contributed by atoms with E-state index in [1.807, 2.05) is 28.8 Å². The van der Waals surface area contributed by atoms with Gasteiger partial charge in [-0.3, -0.25) is 4.79 Å². The number of likely N-dealkylation sites (N-methyl/N-ethyl adjacent to an activating group) is 1. The lowest BCUT2D eigenvalue weighted by molar-refractivity contribution is 0.0709. The second kappa shape index (κ2) is 4.77. The molecule has 0 saturated carbocycles. The number of hydrogen-bond acceptors (Lipinski definition) is 3. The Kier molecular flexibility index (Phi) is 3.38. The minimum atomic E-state index is 0.143. The highest BCUT2D eigenvalue weighted by Crippen LogP contribution is 2.14. The van der Waals surface area contributed by atoms with E-state index in [-0.39, 0.29) is 5.91 Å². The Hall–Kier alpha value is -0.870. The Balaban J connectivity index is 2.00. The first kappa shape index (κ1) is 10.6. The minimum absolute atomic E-state index is 0.143. The zero-order valence-corrected chi connectivity index (χ0v) is 9.72. The summed E-state index contributed by atoms with van der Waals surface area (Å²) in [6.45, 7) is 2.00. The molecule has 0 radical (unpaired) electrons. The van der Waals surface area contributed by atoms with Crippen LogP contribution in [0.4, 0.5) is 0 Å². The molecule has 1 aromatic heterocycles. The SMILES string of the molecule is CN(C(=O)c1ccsc1)[C@H]1CCCNC1. The highest BCUT2D eigenvalue weighted by atomic mass is 32.1. The normalized spacial score (nSPS) is 21.3. The third kappa shape index (κ3) is 2.38. The lowest BCUT2D eigenvalue weighted by atomic mass is 10.1. The van der Waals surface area contributed by atoms with E-state index in [1.54, 1.807) is 11.3 Å². The summed E-state index contributed by atoms with van der Waals surface area (Å²) in [5, 5.41) is 7.18. The minimum Gasteiger partial charge on any atom is -0.337 e. The topological polar surface area (TPSA) is 32.3 Å². The Labute approximate surface area is 94.1 Å². The molecule has 0 spiro atoms. The third-order valence-electron chi connectivity index (χ3n) is 2.91. The molecule has 1 saturated heterocycles. The molecule has 0 aromatic carbocycles. The molecule has 3 nitrogen and oxygen atoms in total. The molecule has 0 aliphatic carbocycles. The van der Waals surface area contributed by atoms with E-state index in [4.69, 9.17) is 0 Å². The van der Waals surface area contributed by atoms with Crippen LogP contribution in [0.15, 0.2) is 16.8 Å². The molecule has 1 amide bonds. The van der Waals surface area contributed by atoms with Crippen LogP contribution in [-0.4, -0.2) is 37.0 Å². The number of nitrogens with zero attached hydrogens (tertiary/aromatic N) is 1. The molecule has 2 rings (SSSR count). The molecule has 15 heavy (non-hydrogen) atoms. The van der Waals surface area contributed by atoms with E-state index in [0.717, 1.165) is 31.5 Å². The van der Waals surface area contributed by atoms with E-state index < -0.39 is 0 Å². The Morgan fingerprint density at radius 3 is 3.13 bits per heavy atom. The molecule has 1 atom stereocenters. The zero-order valence-electron chi connectivity index (χ0n) is 8.90. The number of rotatable bonds is 2. The fourth-order valence-corrected chi connectivity index (χ4v) is 2.55. The molecule has 82 valence electrons. The lowest BCUT2D eigenvalue weighted by Gasteiger charge is -2.31. The van der Waals surface area contributed by atoms with E-state index in [2.05, 4.69) is 5.32 Å². The van der Waals surface area contributed by atoms with Crippen molar-refractivity contribution in [3.8, 4) is 0 Å². The summed E-state index contributed by atoms with van der Waals surface area (Å²) >= 11 is 1.57. The van der Waals surface area contributed by atoms with Gasteiger partial charge in [-0.25, -0.2) is 0 Å². The second-order valence-electron chi connectivity index (χ2n) is 3.93. The van der Waals surface area contributed by atoms with Crippen LogP contribution in [-0.2, 0) is 0 Å². The molecule has 2 heterocycles. The van der Waals surface area contributed by atoms with Gasteiger partial charge >= 0.3 is 0 Å². The summed E-state index contributed by atoms with van der Waals surface area (Å²) in [7, 11) is 1.90. The number of carbonyl (C=O) groups is 1. The average molecular weight is 224 g/mol. The molecule has 1 fully saturated rings. The predicted molar refractivity (Wildman–Crippen MR) is 62.3 cm³/mol. The maximum atomic E-state index is 12.0. The highest BCUT2D eigenvalue weighted by molar-refractivity contribution is 7.08. The first-order chi connectivity index (χ1) is 7.29. The fourth-order valence-electron chi connectivity index (χ4n) is 1.92. The van der Waals surface area contributed by atoms with Crippen LogP contribution in [0.1, 0.15) is 23.2 Å². The van der Waals surface area contributed by atoms with Gasteiger partial charge in [0.2, 0.25) is 0 Å². The molecule has 1 aliphatic heterocycles. The van der Waals surface area contributed by atoms with Crippen molar-refractivity contribution in [2.45, 2.75) is 18.9 Å². The van der Waals surface area contributed by atoms with Gasteiger partial charge in [0.15, 0.2) is 0 Å². The van der Waals surface area contributed by atoms with Crippen molar-refractivity contribution in [2.24, 2.45) is 0 Å². The van der Waals surface area contributed by atoms with Gasteiger partial charge < -0.3 is 10.2 Å². The van der Waals surface area contributed by atoms with Gasteiger partial charge in [0, 0.05) is 25.0 Å². The third-order valence-corrected chi connectivity index (χ3v) is 3.59. The number of piperidine rings is 1. The van der Waals surface area contributed by atoms with Crippen LogP contribution >= 0.6 is 11.3 Å². The molecule has 1 N–H and O–H groups in total. The molecule has 1 aliphatic rings. The monoisotopic (exact) mass is 224 g/mol. The Bertz CT molecular complexity index is 317. The standard InChI is InChI=1S/C11H16N2OS/c1-13(10-3-2-5-12-7-10)11(14)9-4-6-15-8-9/h4,6,8,10,12H,2-3,5,7H2,1H3/t10-/m0/s1. The van der Waals surface area contributed by atoms with Gasteiger partial charge in [0.1, 0.15) is 0 Å². The Morgan fingerprint density at radius 1 is 1.67 bits per heavy atom. The lowest BCUT2D eigenvalue weighted by Crippen LogP contribution is -2.46. The quantitative estimate of drug-likeness (QED) is 0.827. The van der Waals surface area contributed by atoms with Crippen LogP contribution in [0.2, 0.25) is 0 Å². The van der Waals surface area contributed by atoms with Crippen molar-refractivity contribution < 1.29 is 4.79 Å². The molecular formula is C11H16N2OS. The second-order valence-corrected chi connectivity index (χ2v) is 4.71. The summed E-state index contributed by atoms with van der Waals surface area (Å²) in [5.74, 6) is 0.143. The van der Waals surface area contributed by atoms with Gasteiger partial charge in [-0.1, -0.05) is 0 Å². The van der Waals surface area contributed by atoms with Crippen molar-refractivity contribution in [3.05, 3.63) is 22.4 Å². The summed E-state index contributed by atoms with van der Waals surface area (Å²) < 4.78 is 0. The van der Waals surface area contributed by atoms with Gasteiger partial charge in [-0.05, 0) is 30.8 Å². The number of hydrogen-bond donors (Lipinski definition) is 1. The van der Waals surface area contributed by atoms with Crippen molar-refractivity contribution in [2.75, 3.05) is 20.1 Å². The van der Waals surface area contributed by atoms with Crippen LogP contribution in [0.25, 0.3) is 0 Å². The van der Waals surface area contributed by atoms with Crippen LogP contribution in [0, 0.1) is 0 Å². The number of carbonyl (C=O) groups excluding carboxylic acids is 1. The number of nitrogens with one attached hydrogen (secondary N) is 1. The van der Waals surface area contributed by atoms with E-state index in [1.165, 1.54) is 0 Å². The predicted octanol–water partition coefficient (Wildman–Crippen LogP) is 1.57. The van der Waals surface area contributed by atoms with Gasteiger partial charge in [0.25, 0.3) is 5.91 Å². The fraction of sp³-hybridized carbons (Fsp3) is 0.545. The van der Waals surface area contributed by atoms with Gasteiger partial charge in [-0.15, -0.1) is 0 Å². The van der Waals surface area contributed by atoms with Crippen LogP contribution in [0.3, 0.4) is 0 Å². The van der Waals surface area contributed by atoms with Crippen molar-refractivity contribution in [1.29, 1.82) is 0 Å². The van der Waals surface area contributed by atoms with E-state index in [0.29, 0.717) is 6.04 Å². The molecular weight excluding hydrogens is 208 g/mol. The van der Waals surface area contributed by atoms with Gasteiger partial charge in [-0.2, -0.15) is 11.3 Å². The first-order valence-corrected chi connectivity index (χ1v) is 6.23. The highest BCUT2D eigenvalue weighted by Gasteiger charge is 2.22. The maximum Gasteiger partial charge on any atom is 0.254 e. The summed E-state index contributed by atoms with van der Waals surface area (Å²) in [6, 6.07) is 2.24. The van der Waals surface area contributed by atoms with Crippen LogP contribution < -0.4 is 5.32 Å². The largest absolute Gasteiger partial charge is 0.337 e. The van der Waals surface area contributed by atoms with Crippen molar-refractivity contribution in [3.63, 3.8) is 0 Å². The zero-order chi connectivity index (χ0) is 10.7. The maximum absolute atomic E-state index is 12.0. The van der Waals surface area contributed by atoms with E-state index >= 15 is 0 Å². The Morgan fingerprint density at radius 2 is 2.53 bits per heavy atom. The average Bonchev–Trinajstić information content (AvgIpc) is 2.82. The summed E-state index contributed by atoms with van der Waals surface area (Å²) in [5.41, 5.74) is 0.813. The van der Waals surface area contributed by atoms with Crippen molar-refractivity contribution in [1.82, 2.24) is 10.2 Å². The molecule has 0 unspecified atom stereocenters. The number of amides is 1. The smallest absolute Gasteiger partial charge is 0.254 e. The van der Waals surface area contributed by atoms with Crippen molar-refractivity contribution >= 4 is 17.2 Å². The summed E-state index contributed by atoms with van der Waals surface area (Å²) in [4.78, 5) is 13.9.